The van der Waals surface area contributed by atoms with E-state index >= 15 is 0 Å². The van der Waals surface area contributed by atoms with Crippen LogP contribution in [0, 0.1) is 17.2 Å². The molecule has 2 aromatic heterocycles. The van der Waals surface area contributed by atoms with E-state index in [-0.39, 0.29) is 23.8 Å². The topological polar surface area (TPSA) is 101 Å². The molecule has 1 aliphatic heterocycles. The smallest absolute Gasteiger partial charge is 0.263 e. The number of carbonyl (C=O) groups excluding carboxylic acids is 1. The minimum Gasteiger partial charge on any atom is -0.381 e. The molecule has 3 heterocycles. The van der Waals surface area contributed by atoms with E-state index in [0.717, 1.165) is 12.8 Å². The lowest BCUT2D eigenvalue weighted by Crippen LogP contribution is -2.36. The second-order valence-electron chi connectivity index (χ2n) is 6.32. The van der Waals surface area contributed by atoms with Gasteiger partial charge in [0.05, 0.1) is 5.56 Å². The Bertz CT molecular complexity index is 771. The van der Waals surface area contributed by atoms with Crippen LogP contribution in [-0.2, 0) is 4.74 Å². The molecular weight excluding hydrogens is 340 g/mol. The van der Waals surface area contributed by atoms with Crippen molar-refractivity contribution in [1.82, 2.24) is 15.5 Å². The lowest BCUT2D eigenvalue weighted by molar-refractivity contribution is 0.0468. The first-order valence-corrected chi connectivity index (χ1v) is 9.17. The van der Waals surface area contributed by atoms with Crippen molar-refractivity contribution in [3.63, 3.8) is 0 Å². The molecule has 0 aliphatic carbocycles. The molecule has 3 rings (SSSR count). The number of aromatic nitrogens is 2. The molecule has 1 amide bonds. The minimum absolute atomic E-state index is 0.144. The van der Waals surface area contributed by atoms with Gasteiger partial charge in [-0.3, -0.25) is 4.79 Å². The van der Waals surface area contributed by atoms with Crippen molar-refractivity contribution < 1.29 is 14.1 Å². The van der Waals surface area contributed by atoms with Crippen LogP contribution in [0.25, 0.3) is 0 Å². The molecule has 0 spiro atoms. The number of hydrogen-bond donors (Lipinski definition) is 1. The summed E-state index contributed by atoms with van der Waals surface area (Å²) in [6.07, 6.45) is 1.61. The molecule has 2 aromatic rings. The predicted octanol–water partition coefficient (Wildman–Crippen LogP) is 3.02. The first-order chi connectivity index (χ1) is 12.1. The van der Waals surface area contributed by atoms with Gasteiger partial charge in [-0.1, -0.05) is 19.0 Å². The van der Waals surface area contributed by atoms with Gasteiger partial charge < -0.3 is 14.6 Å². The monoisotopic (exact) mass is 360 g/mol. The highest BCUT2D eigenvalue weighted by molar-refractivity contribution is 7.12. The summed E-state index contributed by atoms with van der Waals surface area (Å²) in [4.78, 5) is 17.6. The van der Waals surface area contributed by atoms with Crippen LogP contribution in [-0.4, -0.2) is 29.3 Å². The van der Waals surface area contributed by atoms with E-state index in [1.165, 1.54) is 11.3 Å². The first-order valence-electron chi connectivity index (χ1n) is 8.29. The van der Waals surface area contributed by atoms with Crippen molar-refractivity contribution in [3.8, 4) is 6.07 Å². The number of nitrogens with zero attached hydrogens (tertiary/aromatic N) is 3. The van der Waals surface area contributed by atoms with Gasteiger partial charge in [-0.15, -0.1) is 11.3 Å². The molecule has 1 atom stereocenters. The third-order valence-corrected chi connectivity index (χ3v) is 5.17. The molecular formula is C17H20N4O3S. The maximum Gasteiger partial charge on any atom is 0.263 e. The van der Waals surface area contributed by atoms with Crippen LogP contribution in [0.4, 0.5) is 0 Å². The van der Waals surface area contributed by atoms with Gasteiger partial charge in [-0.25, -0.2) is 0 Å². The number of nitriles is 1. The second-order valence-corrected chi connectivity index (χ2v) is 7.24. The van der Waals surface area contributed by atoms with Gasteiger partial charge >= 0.3 is 0 Å². The molecule has 0 aromatic carbocycles. The standard InChI is InChI=1S/C17H20N4O3S/c1-10(2)15-20-17(24-21-15)13(11-3-6-23-7-4-11)19-16(22)14-12(9-18)5-8-25-14/h5,8,10-11,13H,3-4,6-7H2,1-2H3,(H,19,22). The molecule has 8 heteroatoms. The number of rotatable bonds is 5. The number of nitrogens with one attached hydrogen (secondary N) is 1. The van der Waals surface area contributed by atoms with Crippen molar-refractivity contribution in [1.29, 1.82) is 5.26 Å². The third kappa shape index (κ3) is 3.89. The van der Waals surface area contributed by atoms with Crippen molar-refractivity contribution in [3.05, 3.63) is 33.6 Å². The fraction of sp³-hybridized carbons (Fsp3) is 0.529. The van der Waals surface area contributed by atoms with Crippen LogP contribution in [0.2, 0.25) is 0 Å². The molecule has 1 unspecified atom stereocenters. The maximum atomic E-state index is 12.7. The highest BCUT2D eigenvalue weighted by Crippen LogP contribution is 2.31. The van der Waals surface area contributed by atoms with Crippen LogP contribution in [0.5, 0.6) is 0 Å². The molecule has 1 N–H and O–H groups in total. The van der Waals surface area contributed by atoms with Crippen LogP contribution >= 0.6 is 11.3 Å². The van der Waals surface area contributed by atoms with Crippen LogP contribution < -0.4 is 5.32 Å². The summed E-state index contributed by atoms with van der Waals surface area (Å²) in [5.41, 5.74) is 0.377. The molecule has 25 heavy (non-hydrogen) atoms. The van der Waals surface area contributed by atoms with Crippen molar-refractivity contribution in [2.45, 2.75) is 38.6 Å². The summed E-state index contributed by atoms with van der Waals surface area (Å²) in [6, 6.07) is 3.31. The van der Waals surface area contributed by atoms with E-state index in [1.54, 1.807) is 11.4 Å². The molecule has 7 nitrogen and oxygen atoms in total. The zero-order valence-corrected chi connectivity index (χ0v) is 15.0. The molecule has 0 radical (unpaired) electrons. The van der Waals surface area contributed by atoms with E-state index < -0.39 is 0 Å². The van der Waals surface area contributed by atoms with E-state index in [9.17, 15) is 4.79 Å². The molecule has 0 saturated carbocycles. The Hall–Kier alpha value is -2.24. The summed E-state index contributed by atoms with van der Waals surface area (Å²) in [5, 5.41) is 17.9. The largest absolute Gasteiger partial charge is 0.381 e. The average Bonchev–Trinajstić information content (AvgIpc) is 3.29. The van der Waals surface area contributed by atoms with Crippen molar-refractivity contribution in [2.75, 3.05) is 13.2 Å². The SMILES string of the molecule is CC(C)c1noc(C(NC(=O)c2sccc2C#N)C2CCOCC2)n1. The second kappa shape index (κ2) is 7.76. The van der Waals surface area contributed by atoms with E-state index in [1.807, 2.05) is 19.9 Å². The Morgan fingerprint density at radius 3 is 2.84 bits per heavy atom. The van der Waals surface area contributed by atoms with Gasteiger partial charge in [0.25, 0.3) is 5.91 Å². The Labute approximate surface area is 150 Å². The Kier molecular flexibility index (Phi) is 5.46. The van der Waals surface area contributed by atoms with Crippen LogP contribution in [0.15, 0.2) is 16.0 Å². The van der Waals surface area contributed by atoms with Gasteiger partial charge in [0.1, 0.15) is 17.0 Å². The first kappa shape index (κ1) is 17.6. The highest BCUT2D eigenvalue weighted by Gasteiger charge is 2.32. The number of carbonyl (C=O) groups is 1. The quantitative estimate of drug-likeness (QED) is 0.879. The van der Waals surface area contributed by atoms with Gasteiger partial charge in [-0.2, -0.15) is 10.2 Å². The number of ether oxygens (including phenoxy) is 1. The van der Waals surface area contributed by atoms with E-state index in [2.05, 4.69) is 15.5 Å². The minimum atomic E-state index is -0.384. The lowest BCUT2D eigenvalue weighted by atomic mass is 9.91. The molecule has 1 fully saturated rings. The Balaban J connectivity index is 1.85. The number of thiophene rings is 1. The van der Waals surface area contributed by atoms with E-state index in [0.29, 0.717) is 35.4 Å². The number of amides is 1. The summed E-state index contributed by atoms with van der Waals surface area (Å²) in [6.45, 7) is 5.26. The van der Waals surface area contributed by atoms with Gasteiger partial charge in [0.15, 0.2) is 5.82 Å². The summed E-state index contributed by atoms with van der Waals surface area (Å²) < 4.78 is 10.9. The molecule has 0 bridgehead atoms. The van der Waals surface area contributed by atoms with Crippen LogP contribution in [0.3, 0.4) is 0 Å². The Morgan fingerprint density at radius 2 is 2.20 bits per heavy atom. The predicted molar refractivity (Wildman–Crippen MR) is 91.2 cm³/mol. The molecule has 1 saturated heterocycles. The fourth-order valence-electron chi connectivity index (χ4n) is 2.82. The summed E-state index contributed by atoms with van der Waals surface area (Å²) >= 11 is 1.25. The van der Waals surface area contributed by atoms with E-state index in [4.69, 9.17) is 14.5 Å². The van der Waals surface area contributed by atoms with Gasteiger partial charge in [0.2, 0.25) is 5.89 Å². The maximum absolute atomic E-state index is 12.7. The summed E-state index contributed by atoms with van der Waals surface area (Å²) in [5.74, 6) is 1.05. The molecule has 1 aliphatic rings. The van der Waals surface area contributed by atoms with Gasteiger partial charge in [0, 0.05) is 19.1 Å². The zero-order valence-electron chi connectivity index (χ0n) is 14.2. The van der Waals surface area contributed by atoms with Crippen LogP contribution in [0.1, 0.15) is 65.6 Å². The molecule has 132 valence electrons. The lowest BCUT2D eigenvalue weighted by Gasteiger charge is -2.28. The van der Waals surface area contributed by atoms with Gasteiger partial charge in [-0.05, 0) is 30.2 Å². The van der Waals surface area contributed by atoms with Crippen molar-refractivity contribution in [2.24, 2.45) is 5.92 Å². The zero-order chi connectivity index (χ0) is 17.8. The number of hydrogen-bond acceptors (Lipinski definition) is 7. The average molecular weight is 360 g/mol. The Morgan fingerprint density at radius 1 is 1.44 bits per heavy atom. The highest BCUT2D eigenvalue weighted by atomic mass is 32.1. The third-order valence-electron chi connectivity index (χ3n) is 4.26. The normalized spacial score (nSPS) is 16.6. The fourth-order valence-corrected chi connectivity index (χ4v) is 3.57. The van der Waals surface area contributed by atoms with Crippen molar-refractivity contribution >= 4 is 17.2 Å². The summed E-state index contributed by atoms with van der Waals surface area (Å²) in [7, 11) is 0.